The summed E-state index contributed by atoms with van der Waals surface area (Å²) < 4.78 is 10.7. The van der Waals surface area contributed by atoms with Crippen LogP contribution in [0.5, 0.6) is 5.88 Å². The first-order chi connectivity index (χ1) is 11.7. The molecular formula is C17H23N3O4. The summed E-state index contributed by atoms with van der Waals surface area (Å²) in [6.07, 6.45) is 5.18. The Morgan fingerprint density at radius 3 is 2.58 bits per heavy atom. The maximum absolute atomic E-state index is 11.8. The van der Waals surface area contributed by atoms with Crippen molar-refractivity contribution >= 4 is 17.5 Å². The van der Waals surface area contributed by atoms with E-state index in [0.717, 1.165) is 25.7 Å². The molecule has 2 fully saturated rings. The van der Waals surface area contributed by atoms with Gasteiger partial charge in [-0.3, -0.25) is 9.59 Å². The number of carbonyl (C=O) groups is 2. The Morgan fingerprint density at radius 2 is 2.00 bits per heavy atom. The van der Waals surface area contributed by atoms with E-state index in [9.17, 15) is 9.59 Å². The molecular weight excluding hydrogens is 310 g/mol. The van der Waals surface area contributed by atoms with Crippen LogP contribution in [-0.4, -0.2) is 54.6 Å². The number of pyridine rings is 1. The highest BCUT2D eigenvalue weighted by atomic mass is 16.5. The molecule has 0 aromatic carbocycles. The highest BCUT2D eigenvalue weighted by Gasteiger charge is 2.29. The van der Waals surface area contributed by atoms with Crippen LogP contribution in [0.1, 0.15) is 25.7 Å². The van der Waals surface area contributed by atoms with Gasteiger partial charge in [-0.2, -0.15) is 0 Å². The first-order valence-electron chi connectivity index (χ1n) is 8.36. The second-order valence-electron chi connectivity index (χ2n) is 6.28. The summed E-state index contributed by atoms with van der Waals surface area (Å²) in [5, 5.41) is 2.85. The van der Waals surface area contributed by atoms with Gasteiger partial charge in [0.2, 0.25) is 17.7 Å². The number of ether oxygens (including phenoxy) is 2. The second-order valence-corrected chi connectivity index (χ2v) is 6.28. The largest absolute Gasteiger partial charge is 0.474 e. The number of nitrogens with one attached hydrogen (secondary N) is 1. The van der Waals surface area contributed by atoms with E-state index in [4.69, 9.17) is 9.47 Å². The topological polar surface area (TPSA) is 80.8 Å². The molecule has 24 heavy (non-hydrogen) atoms. The molecule has 0 unspecified atom stereocenters. The van der Waals surface area contributed by atoms with Crippen molar-refractivity contribution in [3.8, 4) is 5.88 Å². The Labute approximate surface area is 141 Å². The van der Waals surface area contributed by atoms with Gasteiger partial charge in [0.15, 0.2) is 0 Å². The third-order valence-electron chi connectivity index (χ3n) is 4.30. The van der Waals surface area contributed by atoms with E-state index in [2.05, 4.69) is 10.3 Å². The number of piperidine rings is 1. The number of aromatic nitrogens is 1. The van der Waals surface area contributed by atoms with Gasteiger partial charge in [0, 0.05) is 45.0 Å². The maximum Gasteiger partial charge on any atom is 0.248 e. The second kappa shape index (κ2) is 7.61. The van der Waals surface area contributed by atoms with Crippen LogP contribution in [0.25, 0.3) is 0 Å². The Hall–Kier alpha value is -2.15. The number of nitrogens with zero attached hydrogens (tertiary/aromatic N) is 2. The predicted molar refractivity (Wildman–Crippen MR) is 87.7 cm³/mol. The zero-order valence-corrected chi connectivity index (χ0v) is 13.9. The van der Waals surface area contributed by atoms with E-state index < -0.39 is 0 Å². The molecule has 130 valence electrons. The molecule has 7 nitrogen and oxygen atoms in total. The lowest BCUT2D eigenvalue weighted by Crippen LogP contribution is -2.43. The van der Waals surface area contributed by atoms with Crippen molar-refractivity contribution in [3.63, 3.8) is 0 Å². The SMILES string of the molecule is COCC(=O)N1CCC(Oc2ccc(NC(=O)C3CC3)cn2)CC1. The molecule has 1 saturated heterocycles. The van der Waals surface area contributed by atoms with Gasteiger partial charge in [-0.1, -0.05) is 0 Å². The number of carbonyl (C=O) groups excluding carboxylic acids is 2. The standard InChI is InChI=1S/C17H23N3O4/c1-23-11-16(21)20-8-6-14(7-9-20)24-15-5-4-13(10-18-15)19-17(22)12-2-3-12/h4-5,10,12,14H,2-3,6-9,11H2,1H3,(H,19,22). The van der Waals surface area contributed by atoms with Crippen molar-refractivity contribution in [1.29, 1.82) is 0 Å². The summed E-state index contributed by atoms with van der Waals surface area (Å²) >= 11 is 0. The minimum atomic E-state index is 0.0184. The molecule has 7 heteroatoms. The quantitative estimate of drug-likeness (QED) is 0.852. The monoisotopic (exact) mass is 333 g/mol. The number of hydrogen-bond donors (Lipinski definition) is 1. The van der Waals surface area contributed by atoms with Gasteiger partial charge in [0.1, 0.15) is 12.7 Å². The molecule has 1 aliphatic carbocycles. The van der Waals surface area contributed by atoms with E-state index in [-0.39, 0.29) is 30.4 Å². The molecule has 1 aliphatic heterocycles. The highest BCUT2D eigenvalue weighted by molar-refractivity contribution is 5.93. The van der Waals surface area contributed by atoms with Crippen LogP contribution in [0.15, 0.2) is 18.3 Å². The van der Waals surface area contributed by atoms with Crippen LogP contribution in [-0.2, 0) is 14.3 Å². The van der Waals surface area contributed by atoms with E-state index in [1.165, 1.54) is 7.11 Å². The minimum Gasteiger partial charge on any atom is -0.474 e. The molecule has 0 radical (unpaired) electrons. The smallest absolute Gasteiger partial charge is 0.248 e. The average molecular weight is 333 g/mol. The van der Waals surface area contributed by atoms with Crippen molar-refractivity contribution in [2.75, 3.05) is 32.1 Å². The van der Waals surface area contributed by atoms with Crippen molar-refractivity contribution in [3.05, 3.63) is 18.3 Å². The van der Waals surface area contributed by atoms with Crippen LogP contribution in [0, 0.1) is 5.92 Å². The maximum atomic E-state index is 11.8. The summed E-state index contributed by atoms with van der Waals surface area (Å²) in [5.41, 5.74) is 0.694. The fourth-order valence-electron chi connectivity index (χ4n) is 2.72. The molecule has 2 aliphatic rings. The number of rotatable bonds is 6. The molecule has 1 N–H and O–H groups in total. The van der Waals surface area contributed by atoms with Crippen molar-refractivity contribution in [2.45, 2.75) is 31.8 Å². The van der Waals surface area contributed by atoms with Gasteiger partial charge in [-0.05, 0) is 18.9 Å². The van der Waals surface area contributed by atoms with E-state index in [1.807, 2.05) is 0 Å². The summed E-state index contributed by atoms with van der Waals surface area (Å²) in [4.78, 5) is 29.5. The molecule has 2 amide bonds. The molecule has 1 aromatic rings. The lowest BCUT2D eigenvalue weighted by atomic mass is 10.1. The van der Waals surface area contributed by atoms with Crippen molar-refractivity contribution in [2.24, 2.45) is 5.92 Å². The Kier molecular flexibility index (Phi) is 5.30. The zero-order valence-electron chi connectivity index (χ0n) is 13.9. The molecule has 1 saturated carbocycles. The summed E-state index contributed by atoms with van der Waals surface area (Å²) in [5.74, 6) is 0.802. The van der Waals surface area contributed by atoms with Crippen LogP contribution in [0.2, 0.25) is 0 Å². The predicted octanol–water partition coefficient (Wildman–Crippen LogP) is 1.45. The summed E-state index contributed by atoms with van der Waals surface area (Å²) in [6.45, 7) is 1.46. The number of methoxy groups -OCH3 is 1. The first kappa shape index (κ1) is 16.7. The van der Waals surface area contributed by atoms with Crippen LogP contribution in [0.3, 0.4) is 0 Å². The number of amides is 2. The zero-order chi connectivity index (χ0) is 16.9. The molecule has 2 heterocycles. The highest BCUT2D eigenvalue weighted by Crippen LogP contribution is 2.30. The van der Waals surface area contributed by atoms with Gasteiger partial charge in [0.25, 0.3) is 0 Å². The first-order valence-corrected chi connectivity index (χ1v) is 8.36. The molecule has 1 aromatic heterocycles. The molecule has 0 atom stereocenters. The van der Waals surface area contributed by atoms with Crippen molar-refractivity contribution < 1.29 is 19.1 Å². The normalized spacial score (nSPS) is 18.3. The fraction of sp³-hybridized carbons (Fsp3) is 0.588. The number of likely N-dealkylation sites (tertiary alicyclic amines) is 1. The Morgan fingerprint density at radius 1 is 1.25 bits per heavy atom. The molecule has 3 rings (SSSR count). The average Bonchev–Trinajstić information content (AvgIpc) is 3.42. The van der Waals surface area contributed by atoms with E-state index >= 15 is 0 Å². The summed E-state index contributed by atoms with van der Waals surface area (Å²) in [7, 11) is 1.52. The summed E-state index contributed by atoms with van der Waals surface area (Å²) in [6, 6.07) is 3.57. The van der Waals surface area contributed by atoms with Crippen LogP contribution in [0.4, 0.5) is 5.69 Å². The number of hydrogen-bond acceptors (Lipinski definition) is 5. The van der Waals surface area contributed by atoms with Crippen molar-refractivity contribution in [1.82, 2.24) is 9.88 Å². The number of anilines is 1. The lowest BCUT2D eigenvalue weighted by molar-refractivity contribution is -0.136. The third-order valence-corrected chi connectivity index (χ3v) is 4.30. The third kappa shape index (κ3) is 4.44. The van der Waals surface area contributed by atoms with E-state index in [0.29, 0.717) is 24.7 Å². The van der Waals surface area contributed by atoms with Crippen LogP contribution < -0.4 is 10.1 Å². The minimum absolute atomic E-state index is 0.0184. The fourth-order valence-corrected chi connectivity index (χ4v) is 2.72. The van der Waals surface area contributed by atoms with E-state index in [1.54, 1.807) is 23.2 Å². The Balaban J connectivity index is 1.45. The van der Waals surface area contributed by atoms with Crippen LogP contribution >= 0.6 is 0 Å². The van der Waals surface area contributed by atoms with Gasteiger partial charge in [-0.15, -0.1) is 0 Å². The van der Waals surface area contributed by atoms with Gasteiger partial charge >= 0.3 is 0 Å². The van der Waals surface area contributed by atoms with Gasteiger partial charge in [0.05, 0.1) is 11.9 Å². The molecule has 0 bridgehead atoms. The van der Waals surface area contributed by atoms with Gasteiger partial charge < -0.3 is 19.7 Å². The lowest BCUT2D eigenvalue weighted by Gasteiger charge is -2.31. The molecule has 0 spiro atoms. The van der Waals surface area contributed by atoms with Gasteiger partial charge in [-0.25, -0.2) is 4.98 Å². The Bertz CT molecular complexity index is 578.